The molecule has 2 aromatic carbocycles. The Bertz CT molecular complexity index is 867. The van der Waals surface area contributed by atoms with Gasteiger partial charge < -0.3 is 5.73 Å². The summed E-state index contributed by atoms with van der Waals surface area (Å²) in [5.41, 5.74) is 10.2. The number of hydrogen-bond donors (Lipinski definition) is 1. The Kier molecular flexibility index (Phi) is 4.08. The minimum Gasteiger partial charge on any atom is -0.319 e. The largest absolute Gasteiger partial charge is 0.319 e. The Labute approximate surface area is 135 Å². The normalized spacial score (nSPS) is 12.1. The monoisotopic (exact) mass is 305 g/mol. The molecular weight excluding hydrogens is 286 g/mol. The van der Waals surface area contributed by atoms with Crippen LogP contribution in [-0.4, -0.2) is 9.78 Å². The van der Waals surface area contributed by atoms with Gasteiger partial charge in [-0.2, -0.15) is 5.10 Å². The number of hydrogen-bond acceptors (Lipinski definition) is 3. The van der Waals surface area contributed by atoms with Crippen LogP contribution in [0.15, 0.2) is 65.5 Å². The van der Waals surface area contributed by atoms with E-state index in [-0.39, 0.29) is 5.43 Å². The van der Waals surface area contributed by atoms with Gasteiger partial charge in [0.1, 0.15) is 5.69 Å². The number of aromatic nitrogens is 2. The summed E-state index contributed by atoms with van der Waals surface area (Å²) in [5.74, 6) is 0. The number of nitrogens with two attached hydrogens (primary N) is 1. The van der Waals surface area contributed by atoms with Gasteiger partial charge >= 0.3 is 0 Å². The van der Waals surface area contributed by atoms with Gasteiger partial charge in [-0.1, -0.05) is 48.0 Å². The van der Waals surface area contributed by atoms with Crippen LogP contribution in [0.4, 0.5) is 0 Å². The van der Waals surface area contributed by atoms with E-state index in [1.54, 1.807) is 10.7 Å². The van der Waals surface area contributed by atoms with Crippen molar-refractivity contribution in [3.05, 3.63) is 93.4 Å². The molecular formula is C19H19N3O. The summed E-state index contributed by atoms with van der Waals surface area (Å²) in [6.45, 7) is 3.90. The van der Waals surface area contributed by atoms with Crippen LogP contribution in [0.3, 0.4) is 0 Å². The number of rotatable bonds is 3. The third kappa shape index (κ3) is 3.07. The van der Waals surface area contributed by atoms with Crippen molar-refractivity contribution >= 4 is 0 Å². The van der Waals surface area contributed by atoms with Crippen LogP contribution >= 0.6 is 0 Å². The Morgan fingerprint density at radius 3 is 2.30 bits per heavy atom. The minimum atomic E-state index is -0.541. The van der Waals surface area contributed by atoms with E-state index < -0.39 is 6.04 Å². The van der Waals surface area contributed by atoms with Crippen LogP contribution in [0.2, 0.25) is 0 Å². The molecule has 23 heavy (non-hydrogen) atoms. The van der Waals surface area contributed by atoms with Gasteiger partial charge in [0.2, 0.25) is 5.43 Å². The molecule has 116 valence electrons. The first-order valence-corrected chi connectivity index (χ1v) is 7.55. The second kappa shape index (κ2) is 6.18. The molecule has 1 unspecified atom stereocenters. The van der Waals surface area contributed by atoms with Crippen LogP contribution in [-0.2, 0) is 0 Å². The first-order valence-electron chi connectivity index (χ1n) is 7.55. The lowest BCUT2D eigenvalue weighted by molar-refractivity contribution is 0.708. The van der Waals surface area contributed by atoms with Gasteiger partial charge in [-0.25, -0.2) is 4.68 Å². The predicted molar refractivity (Wildman–Crippen MR) is 91.8 cm³/mol. The van der Waals surface area contributed by atoms with Crippen LogP contribution in [0.25, 0.3) is 5.69 Å². The highest BCUT2D eigenvalue weighted by molar-refractivity contribution is 5.36. The van der Waals surface area contributed by atoms with Gasteiger partial charge in [0.25, 0.3) is 0 Å². The fourth-order valence-electron chi connectivity index (χ4n) is 2.54. The van der Waals surface area contributed by atoms with Gasteiger partial charge in [-0.3, -0.25) is 4.79 Å². The maximum absolute atomic E-state index is 12.3. The van der Waals surface area contributed by atoms with Gasteiger partial charge in [-0.15, -0.1) is 0 Å². The van der Waals surface area contributed by atoms with Crippen molar-refractivity contribution in [3.63, 3.8) is 0 Å². The fraction of sp³-hybridized carbons (Fsp3) is 0.158. The highest BCUT2D eigenvalue weighted by Crippen LogP contribution is 2.16. The third-order valence-corrected chi connectivity index (χ3v) is 3.87. The third-order valence-electron chi connectivity index (χ3n) is 3.87. The molecule has 4 heteroatoms. The van der Waals surface area contributed by atoms with Crippen molar-refractivity contribution in [2.45, 2.75) is 19.9 Å². The van der Waals surface area contributed by atoms with E-state index in [9.17, 15) is 4.79 Å². The van der Waals surface area contributed by atoms with Gasteiger partial charge in [-0.05, 0) is 31.5 Å². The topological polar surface area (TPSA) is 60.9 Å². The highest BCUT2D eigenvalue weighted by Gasteiger charge is 2.16. The Morgan fingerprint density at radius 2 is 1.65 bits per heavy atom. The van der Waals surface area contributed by atoms with Crippen molar-refractivity contribution in [2.75, 3.05) is 0 Å². The molecule has 0 bridgehead atoms. The molecule has 3 rings (SSSR count). The summed E-state index contributed by atoms with van der Waals surface area (Å²) < 4.78 is 1.76. The predicted octanol–water partition coefficient (Wildman–Crippen LogP) is 2.90. The summed E-state index contributed by atoms with van der Waals surface area (Å²) >= 11 is 0. The maximum Gasteiger partial charge on any atom is 0.205 e. The van der Waals surface area contributed by atoms with Gasteiger partial charge in [0.15, 0.2) is 0 Å². The summed E-state index contributed by atoms with van der Waals surface area (Å²) in [6.07, 6.45) is 0. The molecule has 3 aromatic rings. The van der Waals surface area contributed by atoms with E-state index in [4.69, 9.17) is 5.73 Å². The smallest absolute Gasteiger partial charge is 0.205 e. The lowest BCUT2D eigenvalue weighted by Gasteiger charge is -2.15. The lowest BCUT2D eigenvalue weighted by atomic mass is 10.0. The zero-order chi connectivity index (χ0) is 16.4. The van der Waals surface area contributed by atoms with Crippen LogP contribution < -0.4 is 11.2 Å². The SMILES string of the molecule is Cc1ccc(-n2nc(C(N)c3ccccc3)c(=O)cc2C)cc1. The first-order chi connectivity index (χ1) is 11.1. The van der Waals surface area contributed by atoms with Crippen molar-refractivity contribution in [1.82, 2.24) is 9.78 Å². The van der Waals surface area contributed by atoms with Crippen LogP contribution in [0.5, 0.6) is 0 Å². The molecule has 0 aliphatic heterocycles. The molecule has 4 nitrogen and oxygen atoms in total. The number of nitrogens with zero attached hydrogens (tertiary/aromatic N) is 2. The molecule has 0 saturated carbocycles. The highest BCUT2D eigenvalue weighted by atomic mass is 16.1. The van der Waals surface area contributed by atoms with Crippen molar-refractivity contribution in [3.8, 4) is 5.69 Å². The van der Waals surface area contributed by atoms with E-state index in [0.29, 0.717) is 5.69 Å². The lowest BCUT2D eigenvalue weighted by Crippen LogP contribution is -2.26. The van der Waals surface area contributed by atoms with E-state index in [1.807, 2.05) is 68.4 Å². The quantitative estimate of drug-likeness (QED) is 0.809. The van der Waals surface area contributed by atoms with Crippen molar-refractivity contribution in [2.24, 2.45) is 5.73 Å². The van der Waals surface area contributed by atoms with Gasteiger partial charge in [0, 0.05) is 11.8 Å². The summed E-state index contributed by atoms with van der Waals surface area (Å²) in [4.78, 5) is 12.3. The zero-order valence-corrected chi connectivity index (χ0v) is 13.2. The molecule has 1 aromatic heterocycles. The molecule has 0 spiro atoms. The Balaban J connectivity index is 2.10. The summed E-state index contributed by atoms with van der Waals surface area (Å²) in [7, 11) is 0. The molecule has 0 aliphatic rings. The van der Waals surface area contributed by atoms with Crippen LogP contribution in [0, 0.1) is 13.8 Å². The number of benzene rings is 2. The van der Waals surface area contributed by atoms with E-state index in [0.717, 1.165) is 16.9 Å². The van der Waals surface area contributed by atoms with E-state index >= 15 is 0 Å². The molecule has 1 heterocycles. The van der Waals surface area contributed by atoms with E-state index in [1.165, 1.54) is 5.56 Å². The first kappa shape index (κ1) is 15.2. The Hall–Kier alpha value is -2.72. The molecule has 0 saturated heterocycles. The van der Waals surface area contributed by atoms with Gasteiger partial charge in [0.05, 0.1) is 11.7 Å². The fourth-order valence-corrected chi connectivity index (χ4v) is 2.54. The standard InChI is InChI=1S/C19H19N3O/c1-13-8-10-16(11-9-13)22-14(2)12-17(23)19(21-22)18(20)15-6-4-3-5-7-15/h3-12,18H,20H2,1-2H3. The second-order valence-corrected chi connectivity index (χ2v) is 5.67. The van der Waals surface area contributed by atoms with E-state index in [2.05, 4.69) is 5.10 Å². The molecule has 0 fully saturated rings. The molecule has 0 radical (unpaired) electrons. The van der Waals surface area contributed by atoms with Crippen molar-refractivity contribution in [1.29, 1.82) is 0 Å². The Morgan fingerprint density at radius 1 is 1.00 bits per heavy atom. The molecule has 2 N–H and O–H groups in total. The maximum atomic E-state index is 12.3. The number of aryl methyl sites for hydroxylation is 2. The average molecular weight is 305 g/mol. The second-order valence-electron chi connectivity index (χ2n) is 5.67. The van der Waals surface area contributed by atoms with Crippen molar-refractivity contribution < 1.29 is 0 Å². The molecule has 0 amide bonds. The zero-order valence-electron chi connectivity index (χ0n) is 13.2. The molecule has 1 atom stereocenters. The van der Waals surface area contributed by atoms with Crippen LogP contribution in [0.1, 0.15) is 28.6 Å². The summed E-state index contributed by atoms with van der Waals surface area (Å²) in [6, 6.07) is 18.6. The molecule has 0 aliphatic carbocycles. The average Bonchev–Trinajstić information content (AvgIpc) is 2.56. The summed E-state index contributed by atoms with van der Waals surface area (Å²) in [5, 5.41) is 4.53. The minimum absolute atomic E-state index is 0.137.